The molecule has 0 saturated carbocycles. The molecule has 0 aromatic heterocycles. The Kier molecular flexibility index (Phi) is 4.78. The number of benzene rings is 3. The zero-order valence-electron chi connectivity index (χ0n) is 20.5. The van der Waals surface area contributed by atoms with Crippen LogP contribution < -0.4 is 9.47 Å². The maximum absolute atomic E-state index is 14.5. The van der Waals surface area contributed by atoms with Gasteiger partial charge in [0.2, 0.25) is 11.4 Å². The Morgan fingerprint density at radius 1 is 0.973 bits per heavy atom. The summed E-state index contributed by atoms with van der Waals surface area (Å²) in [5.74, 6) is -0.0935. The summed E-state index contributed by atoms with van der Waals surface area (Å²) < 4.78 is 12.6. The molecule has 3 aromatic carbocycles. The smallest absolute Gasteiger partial charge is 0.343 e. The predicted octanol–water partition coefficient (Wildman–Crippen LogP) is 3.96. The summed E-state index contributed by atoms with van der Waals surface area (Å²) in [6.45, 7) is 0.766. The minimum atomic E-state index is -1.56. The molecule has 5 atom stereocenters. The molecule has 1 saturated heterocycles. The van der Waals surface area contributed by atoms with Crippen molar-refractivity contribution in [3.05, 3.63) is 107 Å². The second-order valence-corrected chi connectivity index (χ2v) is 10.5. The Balaban J connectivity index is 1.45. The maximum atomic E-state index is 14.5. The van der Waals surface area contributed by atoms with E-state index in [0.717, 1.165) is 24.1 Å². The maximum Gasteiger partial charge on any atom is 0.343 e. The van der Waals surface area contributed by atoms with E-state index >= 15 is 0 Å². The first-order valence-corrected chi connectivity index (χ1v) is 12.8. The molecule has 4 aliphatic rings. The lowest BCUT2D eigenvalue weighted by Crippen LogP contribution is -2.73. The van der Waals surface area contributed by atoms with Crippen molar-refractivity contribution in [2.24, 2.45) is 5.92 Å². The highest BCUT2D eigenvalue weighted by molar-refractivity contribution is 6.06. The summed E-state index contributed by atoms with van der Waals surface area (Å²) in [5, 5.41) is 11.6. The lowest BCUT2D eigenvalue weighted by molar-refractivity contribution is -0.0960. The van der Waals surface area contributed by atoms with Gasteiger partial charge in [0.05, 0.1) is 11.0 Å². The van der Waals surface area contributed by atoms with Gasteiger partial charge in [-0.25, -0.2) is 4.79 Å². The van der Waals surface area contributed by atoms with E-state index in [2.05, 4.69) is 18.0 Å². The Labute approximate surface area is 215 Å². The normalized spacial score (nSPS) is 30.8. The highest BCUT2D eigenvalue weighted by Gasteiger charge is 2.75. The van der Waals surface area contributed by atoms with Crippen molar-refractivity contribution >= 4 is 11.8 Å². The van der Waals surface area contributed by atoms with Crippen molar-refractivity contribution in [3.63, 3.8) is 0 Å². The third-order valence-corrected chi connectivity index (χ3v) is 8.92. The number of rotatable bonds is 4. The number of carbonyl (C=O) groups excluding carboxylic acids is 2. The van der Waals surface area contributed by atoms with E-state index in [1.807, 2.05) is 30.3 Å². The number of ether oxygens (including phenoxy) is 2. The van der Waals surface area contributed by atoms with E-state index in [-0.39, 0.29) is 23.5 Å². The van der Waals surface area contributed by atoms with Gasteiger partial charge < -0.3 is 19.5 Å². The number of piperidine rings is 1. The number of likely N-dealkylation sites (tertiary alicyclic amines) is 1. The van der Waals surface area contributed by atoms with Crippen LogP contribution >= 0.6 is 0 Å². The average molecular weight is 494 g/mol. The van der Waals surface area contributed by atoms with Crippen molar-refractivity contribution in [1.29, 1.82) is 0 Å². The quantitative estimate of drug-likeness (QED) is 0.257. The number of likely N-dealkylation sites (N-methyl/N-ethyl adjacent to an activating group) is 1. The molecule has 3 aromatic rings. The number of nitrogens with zero attached hydrogens (tertiary/aromatic N) is 1. The monoisotopic (exact) mass is 493 g/mol. The van der Waals surface area contributed by atoms with Gasteiger partial charge in [0.25, 0.3) is 0 Å². The van der Waals surface area contributed by atoms with Crippen LogP contribution in [-0.4, -0.2) is 53.1 Å². The summed E-state index contributed by atoms with van der Waals surface area (Å²) in [6.07, 6.45) is 4.07. The number of hydrogen-bond acceptors (Lipinski definition) is 6. The van der Waals surface area contributed by atoms with Crippen molar-refractivity contribution in [2.75, 3.05) is 13.6 Å². The Morgan fingerprint density at radius 2 is 1.68 bits per heavy atom. The molecule has 0 amide bonds. The fourth-order valence-corrected chi connectivity index (χ4v) is 7.30. The zero-order chi connectivity index (χ0) is 25.4. The van der Waals surface area contributed by atoms with Crippen molar-refractivity contribution in [3.8, 4) is 11.5 Å². The number of aliphatic hydroxyl groups excluding tert-OH is 1. The van der Waals surface area contributed by atoms with E-state index in [1.165, 1.54) is 0 Å². The highest BCUT2D eigenvalue weighted by Crippen LogP contribution is 2.67. The molecule has 0 radical (unpaired) electrons. The fraction of sp³-hybridized carbons (Fsp3) is 0.290. The second kappa shape index (κ2) is 7.88. The Bertz CT molecular complexity index is 1450. The largest absolute Gasteiger partial charge is 0.471 e. The van der Waals surface area contributed by atoms with Crippen LogP contribution in [-0.2, 0) is 11.8 Å². The number of esters is 1. The summed E-state index contributed by atoms with van der Waals surface area (Å²) in [5.41, 5.74) is 0.572. The van der Waals surface area contributed by atoms with Crippen molar-refractivity contribution in [1.82, 2.24) is 4.90 Å². The van der Waals surface area contributed by atoms with Gasteiger partial charge in [0.15, 0.2) is 11.5 Å². The molecule has 2 aliphatic carbocycles. The molecule has 0 unspecified atom stereocenters. The van der Waals surface area contributed by atoms with Crippen LogP contribution in [0.3, 0.4) is 0 Å². The molecule has 2 aliphatic heterocycles. The predicted molar refractivity (Wildman–Crippen MR) is 137 cm³/mol. The molecule has 2 heterocycles. The van der Waals surface area contributed by atoms with Gasteiger partial charge in [-0.1, -0.05) is 66.7 Å². The summed E-state index contributed by atoms with van der Waals surface area (Å²) in [6, 6.07) is 21.8. The summed E-state index contributed by atoms with van der Waals surface area (Å²) >= 11 is 0. The molecule has 6 nitrogen and oxygen atoms in total. The summed E-state index contributed by atoms with van der Waals surface area (Å²) in [4.78, 5) is 29.8. The molecule has 2 bridgehead atoms. The van der Waals surface area contributed by atoms with E-state index in [4.69, 9.17) is 9.47 Å². The van der Waals surface area contributed by atoms with Gasteiger partial charge >= 0.3 is 5.97 Å². The molecular formula is C31H27NO5. The van der Waals surface area contributed by atoms with Crippen molar-refractivity contribution < 1.29 is 24.2 Å². The molecule has 37 heavy (non-hydrogen) atoms. The Hall–Kier alpha value is -3.74. The number of carbonyl (C=O) groups is 2. The van der Waals surface area contributed by atoms with Gasteiger partial charge in [-0.3, -0.25) is 4.79 Å². The van der Waals surface area contributed by atoms with Gasteiger partial charge in [-0.2, -0.15) is 0 Å². The van der Waals surface area contributed by atoms with E-state index in [0.29, 0.717) is 23.3 Å². The molecule has 1 spiro atoms. The van der Waals surface area contributed by atoms with Gasteiger partial charge in [-0.15, -0.1) is 0 Å². The van der Waals surface area contributed by atoms with Gasteiger partial charge in [0, 0.05) is 23.1 Å². The number of Topliss-reactive ketones (excluding diaryl/α,β-unsaturated/α-hetero) is 1. The number of hydrogen-bond donors (Lipinski definition) is 1. The van der Waals surface area contributed by atoms with Crippen LogP contribution in [0.15, 0.2) is 84.9 Å². The number of aliphatic hydroxyl groups is 1. The van der Waals surface area contributed by atoms with Crippen LogP contribution in [0.1, 0.15) is 38.3 Å². The van der Waals surface area contributed by atoms with Crippen molar-refractivity contribution in [2.45, 2.75) is 36.0 Å². The lowest BCUT2D eigenvalue weighted by atomic mass is 9.47. The standard InChI is InChI=1S/C31H27NO5/c1-32-17-16-30-22-13-15-25(33)31(30,28(34)19-8-4-2-5-9-19)37-27-24(14-12-21(26(27)30)18-23(22)32)36-29(35)20-10-6-3-7-11-20/h2-15,22-23,25,33H,16-18H2,1H3/t22-,23+,25-,30-,31+/m0/s1. The van der Waals surface area contributed by atoms with Crippen LogP contribution in [0, 0.1) is 5.92 Å². The summed E-state index contributed by atoms with van der Waals surface area (Å²) in [7, 11) is 2.12. The van der Waals surface area contributed by atoms with E-state index < -0.39 is 23.1 Å². The van der Waals surface area contributed by atoms with Crippen LogP contribution in [0.5, 0.6) is 11.5 Å². The highest BCUT2D eigenvalue weighted by atomic mass is 16.6. The minimum Gasteiger partial charge on any atom is -0.471 e. The topological polar surface area (TPSA) is 76.1 Å². The second-order valence-electron chi connectivity index (χ2n) is 10.5. The van der Waals surface area contributed by atoms with Crippen LogP contribution in [0.25, 0.3) is 0 Å². The first-order valence-electron chi connectivity index (χ1n) is 12.8. The number of ketones is 1. The molecular weight excluding hydrogens is 466 g/mol. The van der Waals surface area contributed by atoms with Gasteiger partial charge in [0.1, 0.15) is 6.10 Å². The average Bonchev–Trinajstić information content (AvgIpc) is 3.26. The molecule has 186 valence electrons. The molecule has 1 N–H and O–H groups in total. The SMILES string of the molecule is CN1CC[C@]23c4c5ccc(OC(=O)c6ccccc6)c4O[C@@]2(C(=O)c2ccccc2)[C@@H](O)C=C[C@H]3[C@H]1C5. The lowest BCUT2D eigenvalue weighted by Gasteiger charge is -2.60. The minimum absolute atomic E-state index is 0.0314. The first-order chi connectivity index (χ1) is 18.0. The zero-order valence-corrected chi connectivity index (χ0v) is 20.5. The van der Waals surface area contributed by atoms with Crippen LogP contribution in [0.4, 0.5) is 0 Å². The first kappa shape index (κ1) is 22.5. The van der Waals surface area contributed by atoms with E-state index in [9.17, 15) is 14.7 Å². The van der Waals surface area contributed by atoms with Gasteiger partial charge in [-0.05, 0) is 50.2 Å². The fourth-order valence-electron chi connectivity index (χ4n) is 7.30. The molecule has 1 fully saturated rings. The van der Waals surface area contributed by atoms with Crippen LogP contribution in [0.2, 0.25) is 0 Å². The molecule has 6 heteroatoms. The van der Waals surface area contributed by atoms with E-state index in [1.54, 1.807) is 48.5 Å². The third kappa shape index (κ3) is 2.82. The third-order valence-electron chi connectivity index (χ3n) is 8.92. The Morgan fingerprint density at radius 3 is 2.41 bits per heavy atom. The molecule has 7 rings (SSSR count).